The molecule has 1 aromatic carbocycles. The van der Waals surface area contributed by atoms with Crippen molar-refractivity contribution in [3.05, 3.63) is 35.4 Å². The fourth-order valence-corrected chi connectivity index (χ4v) is 2.06. The van der Waals surface area contributed by atoms with Crippen LogP contribution in [0, 0.1) is 0 Å². The Balaban J connectivity index is 2.96. The zero-order chi connectivity index (χ0) is 16.0. The number of benzene rings is 1. The van der Waals surface area contributed by atoms with Gasteiger partial charge in [-0.2, -0.15) is 0 Å². The molecule has 1 amide bonds. The van der Waals surface area contributed by atoms with Gasteiger partial charge in [-0.1, -0.05) is 39.0 Å². The van der Waals surface area contributed by atoms with Gasteiger partial charge in [0.05, 0.1) is 0 Å². The number of carboxylic acids is 1. The van der Waals surface area contributed by atoms with Gasteiger partial charge >= 0.3 is 5.97 Å². The maximum Gasteiger partial charge on any atom is 0.326 e. The van der Waals surface area contributed by atoms with Crippen LogP contribution in [-0.4, -0.2) is 36.7 Å². The van der Waals surface area contributed by atoms with E-state index < -0.39 is 12.0 Å². The van der Waals surface area contributed by atoms with Crippen LogP contribution in [0.2, 0.25) is 0 Å². The van der Waals surface area contributed by atoms with Crippen molar-refractivity contribution in [1.29, 1.82) is 0 Å². The molecule has 0 heterocycles. The molecule has 0 radical (unpaired) electrons. The van der Waals surface area contributed by atoms with Gasteiger partial charge in [-0.05, 0) is 17.0 Å². The molecule has 0 aliphatic heterocycles. The Hall–Kier alpha value is -1.88. The molecule has 2 N–H and O–H groups in total. The van der Waals surface area contributed by atoms with E-state index in [1.54, 1.807) is 12.1 Å². The molecule has 1 atom stereocenters. The Morgan fingerprint density at radius 3 is 2.43 bits per heavy atom. The van der Waals surface area contributed by atoms with Crippen LogP contribution in [0.15, 0.2) is 24.3 Å². The van der Waals surface area contributed by atoms with Crippen molar-refractivity contribution in [3.63, 3.8) is 0 Å². The third-order valence-electron chi connectivity index (χ3n) is 3.19. The van der Waals surface area contributed by atoms with Gasteiger partial charge in [0.2, 0.25) is 0 Å². The van der Waals surface area contributed by atoms with E-state index in [1.165, 1.54) is 7.11 Å². The Morgan fingerprint density at radius 1 is 1.29 bits per heavy atom. The molecule has 1 aromatic rings. The zero-order valence-electron chi connectivity index (χ0n) is 13.0. The van der Waals surface area contributed by atoms with Crippen molar-refractivity contribution in [3.8, 4) is 0 Å². The minimum atomic E-state index is -1.06. The first-order valence-corrected chi connectivity index (χ1v) is 6.89. The average molecular weight is 293 g/mol. The lowest BCUT2D eigenvalue weighted by Crippen LogP contribution is -2.42. The summed E-state index contributed by atoms with van der Waals surface area (Å²) in [5.74, 6) is -1.43. The van der Waals surface area contributed by atoms with E-state index in [0.717, 1.165) is 5.56 Å². The summed E-state index contributed by atoms with van der Waals surface area (Å²) in [6, 6.07) is 6.29. The van der Waals surface area contributed by atoms with Crippen molar-refractivity contribution in [2.24, 2.45) is 0 Å². The average Bonchev–Trinajstić information content (AvgIpc) is 2.42. The van der Waals surface area contributed by atoms with Gasteiger partial charge in [0.25, 0.3) is 5.91 Å². The first-order chi connectivity index (χ1) is 9.77. The summed E-state index contributed by atoms with van der Waals surface area (Å²) in [6.07, 6.45) is 0.231. The van der Waals surface area contributed by atoms with Crippen molar-refractivity contribution < 1.29 is 19.4 Å². The second-order valence-electron chi connectivity index (χ2n) is 5.94. The Bertz CT molecular complexity index is 505. The summed E-state index contributed by atoms with van der Waals surface area (Å²) < 4.78 is 4.87. The third-order valence-corrected chi connectivity index (χ3v) is 3.19. The lowest BCUT2D eigenvalue weighted by atomic mass is 9.83. The highest BCUT2D eigenvalue weighted by Crippen LogP contribution is 2.25. The topological polar surface area (TPSA) is 75.6 Å². The number of methoxy groups -OCH3 is 1. The van der Waals surface area contributed by atoms with Gasteiger partial charge in [0, 0.05) is 25.7 Å². The van der Waals surface area contributed by atoms with Gasteiger partial charge in [-0.3, -0.25) is 4.79 Å². The lowest BCUT2D eigenvalue weighted by Gasteiger charge is -2.23. The predicted octanol–water partition coefficient (Wildman–Crippen LogP) is 2.20. The van der Waals surface area contributed by atoms with Crippen LogP contribution >= 0.6 is 0 Å². The molecule has 0 fully saturated rings. The molecule has 5 nitrogen and oxygen atoms in total. The van der Waals surface area contributed by atoms with Gasteiger partial charge < -0.3 is 15.2 Å². The number of ether oxygens (including phenoxy) is 1. The van der Waals surface area contributed by atoms with E-state index in [4.69, 9.17) is 9.84 Å². The molecule has 0 aromatic heterocycles. The SMILES string of the molecule is COCCC(NC(=O)c1ccccc1C(C)(C)C)C(=O)O. The Morgan fingerprint density at radius 2 is 1.90 bits per heavy atom. The van der Waals surface area contributed by atoms with E-state index in [-0.39, 0.29) is 24.3 Å². The fourth-order valence-electron chi connectivity index (χ4n) is 2.06. The van der Waals surface area contributed by atoms with Crippen molar-refractivity contribution in [1.82, 2.24) is 5.32 Å². The lowest BCUT2D eigenvalue weighted by molar-refractivity contribution is -0.139. The van der Waals surface area contributed by atoms with Crippen LogP contribution in [0.5, 0.6) is 0 Å². The fraction of sp³-hybridized carbons (Fsp3) is 0.500. The van der Waals surface area contributed by atoms with Crippen LogP contribution in [-0.2, 0) is 14.9 Å². The molecule has 0 saturated carbocycles. The first-order valence-electron chi connectivity index (χ1n) is 6.89. The minimum absolute atomic E-state index is 0.195. The highest BCUT2D eigenvalue weighted by molar-refractivity contribution is 5.98. The Labute approximate surface area is 125 Å². The highest BCUT2D eigenvalue weighted by Gasteiger charge is 2.25. The maximum atomic E-state index is 12.4. The van der Waals surface area contributed by atoms with Crippen LogP contribution in [0.1, 0.15) is 43.1 Å². The molecule has 0 saturated heterocycles. The molecule has 0 aliphatic rings. The van der Waals surface area contributed by atoms with Crippen LogP contribution in [0.3, 0.4) is 0 Å². The molecule has 0 bridgehead atoms. The largest absolute Gasteiger partial charge is 0.480 e. The number of hydrogen-bond acceptors (Lipinski definition) is 3. The summed E-state index contributed by atoms with van der Waals surface area (Å²) in [5, 5.41) is 11.7. The van der Waals surface area contributed by atoms with Crippen molar-refractivity contribution in [2.45, 2.75) is 38.6 Å². The second-order valence-corrected chi connectivity index (χ2v) is 5.94. The predicted molar refractivity (Wildman–Crippen MR) is 80.5 cm³/mol. The number of rotatable bonds is 6. The summed E-state index contributed by atoms with van der Waals surface area (Å²) in [4.78, 5) is 23.6. The van der Waals surface area contributed by atoms with Crippen LogP contribution in [0.4, 0.5) is 0 Å². The van der Waals surface area contributed by atoms with Crippen LogP contribution in [0.25, 0.3) is 0 Å². The van der Waals surface area contributed by atoms with Gasteiger partial charge in [0.1, 0.15) is 6.04 Å². The molecule has 0 aliphatic carbocycles. The molecule has 5 heteroatoms. The standard InChI is InChI=1S/C16H23NO4/c1-16(2,3)12-8-6-5-7-11(12)14(18)17-13(15(19)20)9-10-21-4/h5-8,13H,9-10H2,1-4H3,(H,17,18)(H,19,20). The molecule has 1 rings (SSSR count). The number of aliphatic carboxylic acids is 1. The molecule has 0 spiro atoms. The zero-order valence-corrected chi connectivity index (χ0v) is 13.0. The summed E-state index contributed by atoms with van der Waals surface area (Å²) in [5.41, 5.74) is 1.20. The highest BCUT2D eigenvalue weighted by atomic mass is 16.5. The number of carboxylic acid groups (broad SMARTS) is 1. The van der Waals surface area contributed by atoms with Gasteiger partial charge in [-0.15, -0.1) is 0 Å². The van der Waals surface area contributed by atoms with Crippen LogP contribution < -0.4 is 5.32 Å². The number of carbonyl (C=O) groups is 2. The second kappa shape index (κ2) is 7.22. The van der Waals surface area contributed by atoms with Gasteiger partial charge in [0.15, 0.2) is 0 Å². The summed E-state index contributed by atoms with van der Waals surface area (Å²) >= 11 is 0. The Kier molecular flexibility index (Phi) is 5.90. The monoisotopic (exact) mass is 293 g/mol. The van der Waals surface area contributed by atoms with E-state index in [2.05, 4.69) is 5.32 Å². The summed E-state index contributed by atoms with van der Waals surface area (Å²) in [7, 11) is 1.50. The smallest absolute Gasteiger partial charge is 0.326 e. The van der Waals surface area contributed by atoms with Crippen molar-refractivity contribution >= 4 is 11.9 Å². The van der Waals surface area contributed by atoms with E-state index in [1.807, 2.05) is 32.9 Å². The molecule has 1 unspecified atom stereocenters. The summed E-state index contributed by atoms with van der Waals surface area (Å²) in [6.45, 7) is 6.31. The molecule has 21 heavy (non-hydrogen) atoms. The molecular formula is C16H23NO4. The number of carbonyl (C=O) groups excluding carboxylic acids is 1. The third kappa shape index (κ3) is 4.86. The first kappa shape index (κ1) is 17.2. The minimum Gasteiger partial charge on any atom is -0.480 e. The number of nitrogens with one attached hydrogen (secondary N) is 1. The maximum absolute atomic E-state index is 12.4. The quantitative estimate of drug-likeness (QED) is 0.843. The normalized spacial score (nSPS) is 12.8. The molecule has 116 valence electrons. The number of hydrogen-bond donors (Lipinski definition) is 2. The van der Waals surface area contributed by atoms with E-state index in [9.17, 15) is 9.59 Å². The molecular weight excluding hydrogens is 270 g/mol. The van der Waals surface area contributed by atoms with Crippen molar-refractivity contribution in [2.75, 3.05) is 13.7 Å². The number of amides is 1. The van der Waals surface area contributed by atoms with E-state index >= 15 is 0 Å². The van der Waals surface area contributed by atoms with Gasteiger partial charge in [-0.25, -0.2) is 4.79 Å². The van der Waals surface area contributed by atoms with E-state index in [0.29, 0.717) is 5.56 Å².